The molecule has 2 aromatic rings. The number of benzene rings is 2. The predicted molar refractivity (Wildman–Crippen MR) is 92.1 cm³/mol. The van der Waals surface area contributed by atoms with Gasteiger partial charge in [-0.25, -0.2) is 9.59 Å². The van der Waals surface area contributed by atoms with E-state index in [1.807, 2.05) is 6.92 Å². The quantitative estimate of drug-likeness (QED) is 0.593. The Morgan fingerprint density at radius 2 is 1.76 bits per heavy atom. The van der Waals surface area contributed by atoms with E-state index in [0.717, 1.165) is 0 Å². The Balaban J connectivity index is 2.31. The molecule has 0 saturated heterocycles. The molecule has 2 rings (SSSR count). The summed E-state index contributed by atoms with van der Waals surface area (Å²) in [6, 6.07) is 7.63. The van der Waals surface area contributed by atoms with Gasteiger partial charge >= 0.3 is 11.9 Å². The van der Waals surface area contributed by atoms with Crippen LogP contribution in [0.3, 0.4) is 0 Å². The zero-order valence-electron chi connectivity index (χ0n) is 13.7. The van der Waals surface area contributed by atoms with E-state index in [4.69, 9.17) is 9.47 Å². The van der Waals surface area contributed by atoms with E-state index in [2.05, 4.69) is 11.8 Å². The van der Waals surface area contributed by atoms with E-state index < -0.39 is 11.9 Å². The summed E-state index contributed by atoms with van der Waals surface area (Å²) < 4.78 is 10.4. The maximum Gasteiger partial charge on any atom is 0.337 e. The minimum atomic E-state index is -1.16. The van der Waals surface area contributed by atoms with Crippen LogP contribution in [0.4, 0.5) is 0 Å². The number of hydrogen-bond donors (Lipinski definition) is 2. The highest BCUT2D eigenvalue weighted by atomic mass is 16.5. The topological polar surface area (TPSA) is 93.1 Å². The number of aromatic carboxylic acids is 2. The van der Waals surface area contributed by atoms with Crippen LogP contribution in [0.2, 0.25) is 0 Å². The van der Waals surface area contributed by atoms with E-state index in [-0.39, 0.29) is 17.7 Å². The van der Waals surface area contributed by atoms with E-state index in [0.29, 0.717) is 36.2 Å². The van der Waals surface area contributed by atoms with Crippen LogP contribution >= 0.6 is 0 Å². The summed E-state index contributed by atoms with van der Waals surface area (Å²) in [6.07, 6.45) is 0. The van der Waals surface area contributed by atoms with Gasteiger partial charge in [-0.1, -0.05) is 30.0 Å². The summed E-state index contributed by atoms with van der Waals surface area (Å²) in [5, 5.41) is 19.5. The molecule has 6 heteroatoms. The highest BCUT2D eigenvalue weighted by Crippen LogP contribution is 2.25. The maximum absolute atomic E-state index is 11.7. The average Bonchev–Trinajstić information content (AvgIpc) is 2.59. The molecule has 130 valence electrons. The second-order valence-corrected chi connectivity index (χ2v) is 5.05. The molecule has 2 N–H and O–H groups in total. The molecule has 0 heterocycles. The van der Waals surface area contributed by atoms with Crippen molar-refractivity contribution in [2.45, 2.75) is 6.92 Å². The number of ether oxygens (including phenoxy) is 2. The summed E-state index contributed by atoms with van der Waals surface area (Å²) in [7, 11) is 0. The summed E-state index contributed by atoms with van der Waals surface area (Å²) in [4.78, 5) is 23.0. The van der Waals surface area contributed by atoms with Crippen molar-refractivity contribution >= 4 is 22.7 Å². The molecule has 0 atom stereocenters. The molecule has 0 aliphatic heterocycles. The highest BCUT2D eigenvalue weighted by molar-refractivity contribution is 6.11. The molecule has 0 radical (unpaired) electrons. The molecule has 0 bridgehead atoms. The average molecular weight is 342 g/mol. The van der Waals surface area contributed by atoms with Gasteiger partial charge in [0.1, 0.15) is 6.61 Å². The van der Waals surface area contributed by atoms with Crippen molar-refractivity contribution in [1.29, 1.82) is 0 Å². The number of carboxylic acids is 2. The molecule has 0 spiro atoms. The Morgan fingerprint density at radius 1 is 1.00 bits per heavy atom. The smallest absolute Gasteiger partial charge is 0.337 e. The first-order valence-electron chi connectivity index (χ1n) is 7.73. The zero-order chi connectivity index (χ0) is 18.2. The summed E-state index contributed by atoms with van der Waals surface area (Å²) >= 11 is 0. The van der Waals surface area contributed by atoms with Crippen molar-refractivity contribution in [2.24, 2.45) is 0 Å². The van der Waals surface area contributed by atoms with Gasteiger partial charge in [0.05, 0.1) is 24.3 Å². The van der Waals surface area contributed by atoms with Gasteiger partial charge in [-0.2, -0.15) is 0 Å². The lowest BCUT2D eigenvalue weighted by molar-refractivity contribution is 0.0662. The first-order valence-corrected chi connectivity index (χ1v) is 7.73. The van der Waals surface area contributed by atoms with E-state index in [1.165, 1.54) is 18.2 Å². The van der Waals surface area contributed by atoms with Crippen molar-refractivity contribution in [3.8, 4) is 11.8 Å². The molecule has 0 saturated carbocycles. The van der Waals surface area contributed by atoms with Crippen molar-refractivity contribution < 1.29 is 29.3 Å². The second kappa shape index (κ2) is 8.83. The van der Waals surface area contributed by atoms with Gasteiger partial charge in [0, 0.05) is 12.2 Å². The third-order valence-electron chi connectivity index (χ3n) is 3.48. The number of carbonyl (C=O) groups is 2. The summed E-state index contributed by atoms with van der Waals surface area (Å²) in [5.41, 5.74) is 0.358. The minimum Gasteiger partial charge on any atom is -0.478 e. The fourth-order valence-corrected chi connectivity index (χ4v) is 2.40. The van der Waals surface area contributed by atoms with Gasteiger partial charge in [-0.15, -0.1) is 0 Å². The van der Waals surface area contributed by atoms with Gasteiger partial charge in [-0.3, -0.25) is 0 Å². The van der Waals surface area contributed by atoms with E-state index in [1.54, 1.807) is 12.1 Å². The monoisotopic (exact) mass is 342 g/mol. The number of carboxylic acid groups (broad SMARTS) is 2. The molecular weight excluding hydrogens is 324 g/mol. The van der Waals surface area contributed by atoms with Crippen LogP contribution in [-0.4, -0.2) is 48.6 Å². The van der Waals surface area contributed by atoms with Crippen LogP contribution in [-0.2, 0) is 9.47 Å². The van der Waals surface area contributed by atoms with Crippen molar-refractivity contribution in [3.63, 3.8) is 0 Å². The Labute approximate surface area is 145 Å². The van der Waals surface area contributed by atoms with Crippen molar-refractivity contribution in [3.05, 3.63) is 47.0 Å². The van der Waals surface area contributed by atoms with Gasteiger partial charge in [0.25, 0.3) is 0 Å². The van der Waals surface area contributed by atoms with E-state index in [9.17, 15) is 19.8 Å². The normalized spacial score (nSPS) is 10.3. The summed E-state index contributed by atoms with van der Waals surface area (Å²) in [5.74, 6) is 3.29. The lowest BCUT2D eigenvalue weighted by Gasteiger charge is -2.08. The fourth-order valence-electron chi connectivity index (χ4n) is 2.40. The first-order chi connectivity index (χ1) is 12.1. The Morgan fingerprint density at radius 3 is 2.44 bits per heavy atom. The molecular formula is C19H18O6. The van der Waals surface area contributed by atoms with Crippen LogP contribution in [0.15, 0.2) is 30.3 Å². The zero-order valence-corrected chi connectivity index (χ0v) is 13.7. The standard InChI is InChI=1S/C19H18O6/c1-2-24-11-12-25-10-4-5-13-8-9-14-15(17(13)19(22)23)6-3-7-16(14)18(20)21/h3,6-9H,2,10-12H2,1H3,(H,20,21)(H,22,23). The minimum absolute atomic E-state index is 0.0117. The van der Waals surface area contributed by atoms with Gasteiger partial charge in [-0.05, 0) is 29.8 Å². The Bertz CT molecular complexity index is 844. The van der Waals surface area contributed by atoms with Crippen molar-refractivity contribution in [1.82, 2.24) is 0 Å². The van der Waals surface area contributed by atoms with Crippen molar-refractivity contribution in [2.75, 3.05) is 26.4 Å². The third-order valence-corrected chi connectivity index (χ3v) is 3.48. The van der Waals surface area contributed by atoms with Gasteiger partial charge in [0.15, 0.2) is 0 Å². The molecule has 0 amide bonds. The van der Waals surface area contributed by atoms with Crippen LogP contribution in [0.25, 0.3) is 10.8 Å². The lowest BCUT2D eigenvalue weighted by atomic mass is 9.96. The third kappa shape index (κ3) is 4.57. The molecule has 0 aliphatic rings. The van der Waals surface area contributed by atoms with Gasteiger partial charge in [0.2, 0.25) is 0 Å². The largest absolute Gasteiger partial charge is 0.478 e. The molecule has 0 fully saturated rings. The maximum atomic E-state index is 11.7. The Hall–Kier alpha value is -2.88. The molecule has 0 unspecified atom stereocenters. The lowest BCUT2D eigenvalue weighted by Crippen LogP contribution is -2.05. The van der Waals surface area contributed by atoms with Crippen LogP contribution in [0, 0.1) is 11.8 Å². The summed E-state index contributed by atoms with van der Waals surface area (Å²) in [6.45, 7) is 3.55. The predicted octanol–water partition coefficient (Wildman–Crippen LogP) is 2.64. The number of hydrogen-bond acceptors (Lipinski definition) is 4. The van der Waals surface area contributed by atoms with Crippen LogP contribution in [0.5, 0.6) is 0 Å². The Kier molecular flexibility index (Phi) is 6.52. The molecule has 0 aliphatic carbocycles. The molecule has 25 heavy (non-hydrogen) atoms. The van der Waals surface area contributed by atoms with E-state index >= 15 is 0 Å². The first kappa shape index (κ1) is 18.5. The van der Waals surface area contributed by atoms with Crippen LogP contribution in [0.1, 0.15) is 33.2 Å². The van der Waals surface area contributed by atoms with Crippen LogP contribution < -0.4 is 0 Å². The fraction of sp³-hybridized carbons (Fsp3) is 0.263. The molecule has 6 nitrogen and oxygen atoms in total. The SMILES string of the molecule is CCOCCOCC#Cc1ccc2c(C(=O)O)cccc2c1C(=O)O. The molecule has 0 aromatic heterocycles. The second-order valence-electron chi connectivity index (χ2n) is 5.05. The number of rotatable bonds is 7. The number of fused-ring (bicyclic) bond motifs is 1. The molecule has 2 aromatic carbocycles. The highest BCUT2D eigenvalue weighted by Gasteiger charge is 2.17. The van der Waals surface area contributed by atoms with Gasteiger partial charge < -0.3 is 19.7 Å².